The quantitative estimate of drug-likeness (QED) is 0.419. The number of hydrogen-bond donors (Lipinski definition) is 2. The number of halogens is 2. The number of hydrogen-bond acceptors (Lipinski definition) is 3. The summed E-state index contributed by atoms with van der Waals surface area (Å²) in [6.07, 6.45) is 0.747. The predicted octanol–water partition coefficient (Wildman–Crippen LogP) is 3.42. The smallest absolute Gasteiger partial charge is 0.191 e. The van der Waals surface area contributed by atoms with Crippen LogP contribution in [0, 0.1) is 19.7 Å². The van der Waals surface area contributed by atoms with Crippen molar-refractivity contribution in [3.63, 3.8) is 0 Å². The van der Waals surface area contributed by atoms with Gasteiger partial charge in [0.05, 0.1) is 17.2 Å². The van der Waals surface area contributed by atoms with Crippen molar-refractivity contribution in [3.05, 3.63) is 51.2 Å². The Balaban J connectivity index is 0.00000264. The summed E-state index contributed by atoms with van der Waals surface area (Å²) < 4.78 is 13.1. The molecule has 0 unspecified atom stereocenters. The molecule has 2 aromatic rings. The third-order valence-corrected chi connectivity index (χ3v) is 4.31. The number of aromatic nitrogens is 1. The molecule has 7 heteroatoms. The van der Waals surface area contributed by atoms with Crippen LogP contribution in [-0.4, -0.2) is 24.5 Å². The monoisotopic (exact) mass is 448 g/mol. The third-order valence-electron chi connectivity index (χ3n) is 3.23. The lowest BCUT2D eigenvalue weighted by Gasteiger charge is -2.11. The van der Waals surface area contributed by atoms with E-state index in [1.807, 2.05) is 19.9 Å². The molecule has 0 aliphatic heterocycles. The van der Waals surface area contributed by atoms with Crippen LogP contribution in [-0.2, 0) is 13.0 Å². The van der Waals surface area contributed by atoms with Crippen LogP contribution in [0.2, 0.25) is 0 Å². The molecule has 2 N–H and O–H groups in total. The molecular formula is C16H22FIN4S. The summed E-state index contributed by atoms with van der Waals surface area (Å²) in [7, 11) is 1.74. The first-order valence-electron chi connectivity index (χ1n) is 7.20. The number of guanidine groups is 1. The van der Waals surface area contributed by atoms with Gasteiger partial charge < -0.3 is 10.6 Å². The van der Waals surface area contributed by atoms with Crippen LogP contribution in [0.1, 0.15) is 21.1 Å². The Morgan fingerprint density at radius 1 is 1.30 bits per heavy atom. The fourth-order valence-electron chi connectivity index (χ4n) is 2.14. The van der Waals surface area contributed by atoms with E-state index >= 15 is 0 Å². The summed E-state index contributed by atoms with van der Waals surface area (Å²) in [6, 6.07) is 6.66. The van der Waals surface area contributed by atoms with Gasteiger partial charge in [0, 0.05) is 18.5 Å². The van der Waals surface area contributed by atoms with Crippen molar-refractivity contribution in [2.75, 3.05) is 13.6 Å². The maximum Gasteiger partial charge on any atom is 0.191 e. The topological polar surface area (TPSA) is 49.3 Å². The first-order valence-corrected chi connectivity index (χ1v) is 8.02. The fourth-order valence-corrected chi connectivity index (χ4v) is 3.02. The van der Waals surface area contributed by atoms with E-state index in [-0.39, 0.29) is 29.8 Å². The number of aliphatic imine (C=N–C) groups is 1. The zero-order valence-corrected chi connectivity index (χ0v) is 16.7. The van der Waals surface area contributed by atoms with E-state index in [4.69, 9.17) is 0 Å². The van der Waals surface area contributed by atoms with Gasteiger partial charge in [0.15, 0.2) is 5.96 Å². The molecule has 0 fully saturated rings. The number of aryl methyl sites for hydroxylation is 2. The van der Waals surface area contributed by atoms with Crippen molar-refractivity contribution in [3.8, 4) is 0 Å². The van der Waals surface area contributed by atoms with Gasteiger partial charge in [0.1, 0.15) is 5.82 Å². The summed E-state index contributed by atoms with van der Waals surface area (Å²) in [5.74, 6) is 0.540. The Hall–Kier alpha value is -1.22. The molecule has 4 nitrogen and oxygen atoms in total. The van der Waals surface area contributed by atoms with E-state index in [0.717, 1.165) is 28.6 Å². The summed E-state index contributed by atoms with van der Waals surface area (Å²) in [6.45, 7) is 5.43. The van der Waals surface area contributed by atoms with Crippen molar-refractivity contribution in [2.24, 2.45) is 4.99 Å². The largest absolute Gasteiger partial charge is 0.356 e. The van der Waals surface area contributed by atoms with E-state index in [1.54, 1.807) is 30.5 Å². The standard InChI is InChI=1S/C16H21FN4S.HI/c1-11-15(22-12(2)21-11)10-20-16(18-3)19-8-7-13-5-4-6-14(17)9-13;/h4-6,9H,7-8,10H2,1-3H3,(H2,18,19,20);1H. The second-order valence-corrected chi connectivity index (χ2v) is 6.26. The molecule has 1 aromatic carbocycles. The van der Waals surface area contributed by atoms with Crippen molar-refractivity contribution in [1.82, 2.24) is 15.6 Å². The molecule has 0 aliphatic rings. The van der Waals surface area contributed by atoms with Gasteiger partial charge in [0.25, 0.3) is 0 Å². The van der Waals surface area contributed by atoms with Crippen LogP contribution in [0.15, 0.2) is 29.3 Å². The Morgan fingerprint density at radius 3 is 2.70 bits per heavy atom. The van der Waals surface area contributed by atoms with Gasteiger partial charge in [-0.15, -0.1) is 35.3 Å². The molecule has 0 atom stereocenters. The number of nitrogens with zero attached hydrogens (tertiary/aromatic N) is 2. The Labute approximate surface area is 157 Å². The second kappa shape index (κ2) is 9.82. The average molecular weight is 448 g/mol. The highest BCUT2D eigenvalue weighted by molar-refractivity contribution is 14.0. The van der Waals surface area contributed by atoms with E-state index < -0.39 is 0 Å². The predicted molar refractivity (Wildman–Crippen MR) is 105 cm³/mol. The van der Waals surface area contributed by atoms with Gasteiger partial charge in [-0.1, -0.05) is 12.1 Å². The SMILES string of the molecule is CN=C(NCCc1cccc(F)c1)NCc1sc(C)nc1C.I. The normalized spacial score (nSPS) is 11.0. The molecule has 0 spiro atoms. The highest BCUT2D eigenvalue weighted by atomic mass is 127. The molecule has 0 aliphatic carbocycles. The molecular weight excluding hydrogens is 426 g/mol. The van der Waals surface area contributed by atoms with Gasteiger partial charge in [-0.05, 0) is 38.0 Å². The fraction of sp³-hybridized carbons (Fsp3) is 0.375. The molecule has 0 radical (unpaired) electrons. The molecule has 0 amide bonds. The zero-order valence-electron chi connectivity index (χ0n) is 13.5. The number of nitrogens with one attached hydrogen (secondary N) is 2. The number of thiazole rings is 1. The molecule has 126 valence electrons. The van der Waals surface area contributed by atoms with Crippen LogP contribution in [0.5, 0.6) is 0 Å². The number of benzene rings is 1. The average Bonchev–Trinajstić information content (AvgIpc) is 2.80. The lowest BCUT2D eigenvalue weighted by Crippen LogP contribution is -2.37. The van der Waals surface area contributed by atoms with E-state index in [1.165, 1.54) is 10.9 Å². The van der Waals surface area contributed by atoms with Crippen molar-refractivity contribution in [1.29, 1.82) is 0 Å². The van der Waals surface area contributed by atoms with Crippen LogP contribution in [0.3, 0.4) is 0 Å². The van der Waals surface area contributed by atoms with Gasteiger partial charge in [-0.2, -0.15) is 0 Å². The molecule has 1 heterocycles. The Morgan fingerprint density at radius 2 is 2.09 bits per heavy atom. The molecule has 2 rings (SSSR count). The minimum Gasteiger partial charge on any atom is -0.356 e. The molecule has 0 saturated carbocycles. The highest BCUT2D eigenvalue weighted by Crippen LogP contribution is 2.16. The van der Waals surface area contributed by atoms with Crippen LogP contribution in [0.4, 0.5) is 4.39 Å². The summed E-state index contributed by atoms with van der Waals surface area (Å²) >= 11 is 1.69. The van der Waals surface area contributed by atoms with Crippen molar-refractivity contribution in [2.45, 2.75) is 26.8 Å². The maximum absolute atomic E-state index is 13.1. The maximum atomic E-state index is 13.1. The molecule has 0 bridgehead atoms. The minimum absolute atomic E-state index is 0. The van der Waals surface area contributed by atoms with Gasteiger partial charge in [-0.3, -0.25) is 4.99 Å². The lowest BCUT2D eigenvalue weighted by molar-refractivity contribution is 0.625. The molecule has 1 aromatic heterocycles. The first kappa shape index (κ1) is 19.8. The molecule has 23 heavy (non-hydrogen) atoms. The zero-order chi connectivity index (χ0) is 15.9. The van der Waals surface area contributed by atoms with Gasteiger partial charge in [-0.25, -0.2) is 9.37 Å². The van der Waals surface area contributed by atoms with Gasteiger partial charge in [0.2, 0.25) is 0 Å². The van der Waals surface area contributed by atoms with E-state index in [9.17, 15) is 4.39 Å². The highest BCUT2D eigenvalue weighted by Gasteiger charge is 2.05. The van der Waals surface area contributed by atoms with Gasteiger partial charge >= 0.3 is 0 Å². The summed E-state index contributed by atoms with van der Waals surface area (Å²) in [4.78, 5) is 9.81. The Kier molecular flexibility index (Phi) is 8.46. The number of rotatable bonds is 5. The summed E-state index contributed by atoms with van der Waals surface area (Å²) in [5, 5.41) is 7.58. The van der Waals surface area contributed by atoms with Crippen molar-refractivity contribution >= 4 is 41.3 Å². The second-order valence-electron chi connectivity index (χ2n) is 4.97. The van der Waals surface area contributed by atoms with E-state index in [2.05, 4.69) is 20.6 Å². The van der Waals surface area contributed by atoms with Crippen LogP contribution < -0.4 is 10.6 Å². The summed E-state index contributed by atoms with van der Waals surface area (Å²) in [5.41, 5.74) is 2.03. The lowest BCUT2D eigenvalue weighted by atomic mass is 10.1. The first-order chi connectivity index (χ1) is 10.6. The van der Waals surface area contributed by atoms with Crippen LogP contribution in [0.25, 0.3) is 0 Å². The third kappa shape index (κ3) is 6.42. The molecule has 0 saturated heterocycles. The van der Waals surface area contributed by atoms with Crippen LogP contribution >= 0.6 is 35.3 Å². The van der Waals surface area contributed by atoms with Crippen molar-refractivity contribution < 1.29 is 4.39 Å². The van der Waals surface area contributed by atoms with E-state index in [0.29, 0.717) is 13.1 Å². The minimum atomic E-state index is -0.198. The Bertz CT molecular complexity index is 657.